The van der Waals surface area contributed by atoms with E-state index in [1.807, 2.05) is 41.3 Å². The van der Waals surface area contributed by atoms with Crippen LogP contribution in [0.25, 0.3) is 0 Å². The molecular weight excluding hydrogens is 358 g/mol. The van der Waals surface area contributed by atoms with Gasteiger partial charge >= 0.3 is 0 Å². The monoisotopic (exact) mass is 377 g/mol. The maximum absolute atomic E-state index is 13.2. The maximum atomic E-state index is 13.2. The number of piperidine rings is 1. The Morgan fingerprint density at radius 1 is 1.11 bits per heavy atom. The summed E-state index contributed by atoms with van der Waals surface area (Å²) in [5.74, 6) is 0.0794. The fraction of sp³-hybridized carbons (Fsp3) is 0.300. The van der Waals surface area contributed by atoms with Gasteiger partial charge in [0.25, 0.3) is 0 Å². The summed E-state index contributed by atoms with van der Waals surface area (Å²) in [6.07, 6.45) is 3.14. The van der Waals surface area contributed by atoms with Crippen LogP contribution < -0.4 is 5.73 Å². The summed E-state index contributed by atoms with van der Waals surface area (Å²) in [5.41, 5.74) is 7.10. The Bertz CT molecular complexity index is 910. The van der Waals surface area contributed by atoms with Gasteiger partial charge in [-0.3, -0.25) is 4.79 Å². The smallest absolute Gasteiger partial charge is 0.240 e. The number of nitriles is 2. The first-order valence-corrected chi connectivity index (χ1v) is 9.63. The number of nitrogens with zero attached hydrogens (tertiary/aromatic N) is 4. The summed E-state index contributed by atoms with van der Waals surface area (Å²) in [7, 11) is 0. The van der Waals surface area contributed by atoms with Crippen LogP contribution in [0.1, 0.15) is 41.2 Å². The minimum absolute atomic E-state index is 0.0134. The van der Waals surface area contributed by atoms with E-state index >= 15 is 0 Å². The molecule has 1 fully saturated rings. The fourth-order valence-corrected chi connectivity index (χ4v) is 4.20. The van der Waals surface area contributed by atoms with Crippen LogP contribution in [0.2, 0.25) is 0 Å². The second kappa shape index (κ2) is 8.57. The number of amides is 1. The number of pyridine rings is 1. The molecule has 1 aromatic heterocycles. The summed E-state index contributed by atoms with van der Waals surface area (Å²) < 4.78 is 0. The van der Waals surface area contributed by atoms with Gasteiger partial charge in [0.1, 0.15) is 28.2 Å². The molecule has 27 heavy (non-hydrogen) atoms. The van der Waals surface area contributed by atoms with E-state index in [-0.39, 0.29) is 22.9 Å². The minimum Gasteiger partial charge on any atom is -0.383 e. The van der Waals surface area contributed by atoms with E-state index in [0.717, 1.165) is 37.9 Å². The number of anilines is 1. The molecule has 2 heterocycles. The van der Waals surface area contributed by atoms with E-state index in [1.165, 1.54) is 17.8 Å². The SMILES string of the molecule is N#Cc1cc(C#N)c(S[C@@H](C(=O)N2CCCCC2)c2ccccc2)nc1N. The van der Waals surface area contributed by atoms with Gasteiger partial charge in [0.05, 0.1) is 11.1 Å². The predicted molar refractivity (Wildman–Crippen MR) is 104 cm³/mol. The lowest BCUT2D eigenvalue weighted by Crippen LogP contribution is -2.38. The summed E-state index contributed by atoms with van der Waals surface area (Å²) in [6, 6.07) is 14.9. The third-order valence-corrected chi connectivity index (χ3v) is 5.73. The number of carbonyl (C=O) groups is 1. The number of likely N-dealkylation sites (tertiary alicyclic amines) is 1. The van der Waals surface area contributed by atoms with Crippen LogP contribution in [0.5, 0.6) is 0 Å². The van der Waals surface area contributed by atoms with Crippen LogP contribution in [0, 0.1) is 22.7 Å². The third kappa shape index (κ3) is 4.21. The zero-order valence-electron chi connectivity index (χ0n) is 14.8. The molecule has 1 amide bonds. The Morgan fingerprint density at radius 3 is 2.41 bits per heavy atom. The van der Waals surface area contributed by atoms with Crippen LogP contribution in [0.15, 0.2) is 41.4 Å². The highest BCUT2D eigenvalue weighted by atomic mass is 32.2. The molecule has 2 aromatic rings. The molecule has 0 unspecified atom stereocenters. The molecule has 1 aliphatic rings. The highest BCUT2D eigenvalue weighted by Gasteiger charge is 2.29. The van der Waals surface area contributed by atoms with Crippen LogP contribution in [0.4, 0.5) is 5.82 Å². The minimum atomic E-state index is -0.517. The molecule has 136 valence electrons. The van der Waals surface area contributed by atoms with E-state index in [1.54, 1.807) is 0 Å². The highest BCUT2D eigenvalue weighted by Crippen LogP contribution is 2.38. The van der Waals surface area contributed by atoms with E-state index in [9.17, 15) is 10.1 Å². The van der Waals surface area contributed by atoms with Crippen molar-refractivity contribution < 1.29 is 4.79 Å². The van der Waals surface area contributed by atoms with Gasteiger partial charge in [-0.1, -0.05) is 42.1 Å². The first-order chi connectivity index (χ1) is 13.1. The van der Waals surface area contributed by atoms with Crippen molar-refractivity contribution in [3.05, 3.63) is 53.1 Å². The van der Waals surface area contributed by atoms with Gasteiger partial charge in [0.2, 0.25) is 5.91 Å². The summed E-state index contributed by atoms with van der Waals surface area (Å²) in [4.78, 5) is 19.3. The Morgan fingerprint density at radius 2 is 1.78 bits per heavy atom. The van der Waals surface area contributed by atoms with Gasteiger partial charge in [-0.25, -0.2) is 4.98 Å². The second-order valence-electron chi connectivity index (χ2n) is 6.29. The van der Waals surface area contributed by atoms with Gasteiger partial charge in [-0.2, -0.15) is 10.5 Å². The summed E-state index contributed by atoms with van der Waals surface area (Å²) in [6.45, 7) is 1.49. The number of carbonyl (C=O) groups excluding carboxylic acids is 1. The van der Waals surface area contributed by atoms with Crippen LogP contribution in [-0.2, 0) is 4.79 Å². The van der Waals surface area contributed by atoms with E-state index in [0.29, 0.717) is 5.03 Å². The molecule has 7 heteroatoms. The normalized spacial score (nSPS) is 14.8. The van der Waals surface area contributed by atoms with Crippen molar-refractivity contribution in [2.24, 2.45) is 0 Å². The van der Waals surface area contributed by atoms with Crippen LogP contribution >= 0.6 is 11.8 Å². The van der Waals surface area contributed by atoms with Gasteiger partial charge < -0.3 is 10.6 Å². The lowest BCUT2D eigenvalue weighted by molar-refractivity contribution is -0.131. The lowest BCUT2D eigenvalue weighted by atomic mass is 10.1. The Balaban J connectivity index is 1.97. The molecule has 6 nitrogen and oxygen atoms in total. The first-order valence-electron chi connectivity index (χ1n) is 8.75. The molecule has 1 aromatic carbocycles. The topological polar surface area (TPSA) is 107 Å². The van der Waals surface area contributed by atoms with E-state index in [4.69, 9.17) is 11.0 Å². The Kier molecular flexibility index (Phi) is 5.95. The molecule has 1 saturated heterocycles. The Hall–Kier alpha value is -3.03. The molecule has 0 spiro atoms. The molecular formula is C20H19N5OS. The molecule has 0 aliphatic carbocycles. The van der Waals surface area contributed by atoms with Crippen molar-refractivity contribution in [2.45, 2.75) is 29.5 Å². The van der Waals surface area contributed by atoms with Gasteiger partial charge in [-0.15, -0.1) is 0 Å². The molecule has 1 aliphatic heterocycles. The van der Waals surface area contributed by atoms with E-state index in [2.05, 4.69) is 11.1 Å². The van der Waals surface area contributed by atoms with Crippen molar-refractivity contribution in [1.82, 2.24) is 9.88 Å². The predicted octanol–water partition coefficient (Wildman–Crippen LogP) is 3.25. The lowest BCUT2D eigenvalue weighted by Gasteiger charge is -2.30. The number of aromatic nitrogens is 1. The van der Waals surface area contributed by atoms with Crippen LogP contribution in [0.3, 0.4) is 0 Å². The quantitative estimate of drug-likeness (QED) is 0.820. The third-order valence-electron chi connectivity index (χ3n) is 4.48. The number of nitrogen functional groups attached to an aromatic ring is 1. The van der Waals surface area contributed by atoms with Crippen molar-refractivity contribution in [1.29, 1.82) is 10.5 Å². The number of hydrogen-bond donors (Lipinski definition) is 1. The first kappa shape index (κ1) is 18.8. The van der Waals surface area contributed by atoms with Crippen molar-refractivity contribution >= 4 is 23.5 Å². The zero-order valence-corrected chi connectivity index (χ0v) is 15.6. The van der Waals surface area contributed by atoms with Gasteiger partial charge in [0.15, 0.2) is 0 Å². The zero-order chi connectivity index (χ0) is 19.2. The molecule has 0 saturated carbocycles. The number of benzene rings is 1. The average molecular weight is 377 g/mol. The number of thioether (sulfide) groups is 1. The maximum Gasteiger partial charge on any atom is 0.240 e. The molecule has 1 atom stereocenters. The molecule has 2 N–H and O–H groups in total. The molecule has 3 rings (SSSR count). The van der Waals surface area contributed by atoms with Crippen molar-refractivity contribution in [3.63, 3.8) is 0 Å². The van der Waals surface area contributed by atoms with E-state index < -0.39 is 5.25 Å². The average Bonchev–Trinajstić information content (AvgIpc) is 2.73. The molecule has 0 radical (unpaired) electrons. The van der Waals surface area contributed by atoms with Crippen molar-refractivity contribution in [3.8, 4) is 12.1 Å². The molecule has 0 bridgehead atoms. The van der Waals surface area contributed by atoms with Crippen molar-refractivity contribution in [2.75, 3.05) is 18.8 Å². The van der Waals surface area contributed by atoms with Gasteiger partial charge in [0, 0.05) is 13.1 Å². The second-order valence-corrected chi connectivity index (χ2v) is 7.39. The highest BCUT2D eigenvalue weighted by molar-refractivity contribution is 8.00. The fourth-order valence-electron chi connectivity index (χ4n) is 3.05. The van der Waals surface area contributed by atoms with Gasteiger partial charge in [-0.05, 0) is 30.9 Å². The number of rotatable bonds is 4. The number of nitrogens with two attached hydrogens (primary N) is 1. The number of hydrogen-bond acceptors (Lipinski definition) is 6. The van der Waals surface area contributed by atoms with Crippen LogP contribution in [-0.4, -0.2) is 28.9 Å². The summed E-state index contributed by atoms with van der Waals surface area (Å²) in [5, 5.41) is 18.4. The standard InChI is InChI=1S/C20H19N5OS/c21-12-15-11-16(13-22)19(24-18(15)23)27-17(14-7-3-1-4-8-14)20(26)25-9-5-2-6-10-25/h1,3-4,7-8,11,17H,2,5-6,9-10H2,(H2,23,24)/t17-/m1/s1. The summed E-state index contributed by atoms with van der Waals surface area (Å²) >= 11 is 1.21. The Labute approximate surface area is 162 Å². The largest absolute Gasteiger partial charge is 0.383 e.